The van der Waals surface area contributed by atoms with E-state index in [9.17, 15) is 0 Å². The van der Waals surface area contributed by atoms with Crippen LogP contribution in [0.3, 0.4) is 0 Å². The van der Waals surface area contributed by atoms with Crippen LogP contribution in [-0.2, 0) is 12.3 Å². The van der Waals surface area contributed by atoms with Gasteiger partial charge in [-0.25, -0.2) is 0 Å². The summed E-state index contributed by atoms with van der Waals surface area (Å²) in [5.74, 6) is 0. The summed E-state index contributed by atoms with van der Waals surface area (Å²) in [6, 6.07) is 86.6. The first-order valence-corrected chi connectivity index (χ1v) is 22.7. The van der Waals surface area contributed by atoms with E-state index in [1.165, 1.54) is 64.5 Å². The van der Waals surface area contributed by atoms with Gasteiger partial charge in [0.2, 0.25) is 0 Å². The van der Waals surface area contributed by atoms with Gasteiger partial charge in [-0.15, -0.1) is 0 Å². The molecule has 0 aliphatic rings. The van der Waals surface area contributed by atoms with Crippen molar-refractivity contribution in [2.24, 2.45) is 0 Å². The van der Waals surface area contributed by atoms with Gasteiger partial charge in [-0.2, -0.15) is 0 Å². The molecule has 0 bridgehead atoms. The maximum Gasteiger partial charge on any atom is 0.116 e. The lowest BCUT2D eigenvalue weighted by Gasteiger charge is -2.32. The molecule has 9 aromatic rings. The van der Waals surface area contributed by atoms with Gasteiger partial charge in [-0.3, -0.25) is 0 Å². The summed E-state index contributed by atoms with van der Waals surface area (Å²) < 4.78 is 0. The summed E-state index contributed by atoms with van der Waals surface area (Å²) in [4.78, 5) is 0. The highest BCUT2D eigenvalue weighted by atomic mass is 79.9. The minimum Gasteiger partial charge on any atom is -1.00 e. The summed E-state index contributed by atoms with van der Waals surface area (Å²) in [5.41, 5.74) is 2.92. The minimum atomic E-state index is -2.25. The van der Waals surface area contributed by atoms with Gasteiger partial charge in [0.15, 0.2) is 0 Å². The second-order valence-corrected chi connectivity index (χ2v) is 21.0. The molecule has 0 aromatic heterocycles. The van der Waals surface area contributed by atoms with Crippen LogP contribution in [0.2, 0.25) is 0 Å². The monoisotopic (exact) mass is 886 g/mol. The molecule has 0 unspecified atom stereocenters. The van der Waals surface area contributed by atoms with Gasteiger partial charge in [0.1, 0.15) is 46.4 Å². The SMILES string of the molecule is [Br-].[Br-].c1ccc([P+](Cc2c(C[P+](c3ccccc3)(c3ccccc3)c3ccccc3)c3ccccc3c3ccccc23)(c2ccccc2)c2ccccc2)cc1. The maximum absolute atomic E-state index is 2.39. The van der Waals surface area contributed by atoms with Crippen LogP contribution in [0.1, 0.15) is 11.1 Å². The van der Waals surface area contributed by atoms with Crippen molar-refractivity contribution in [3.8, 4) is 0 Å². The second kappa shape index (κ2) is 17.6. The Hall–Kier alpha value is -4.68. The molecule has 9 rings (SSSR count). The van der Waals surface area contributed by atoms with Crippen LogP contribution in [-0.4, -0.2) is 0 Å². The molecule has 0 heterocycles. The van der Waals surface area contributed by atoms with Gasteiger partial charge in [0.05, 0.1) is 12.3 Å². The third kappa shape index (κ3) is 7.10. The molecule has 0 atom stereocenters. The second-order valence-electron chi connectivity index (χ2n) is 14.0. The van der Waals surface area contributed by atoms with Gasteiger partial charge in [-0.05, 0) is 94.3 Å². The fourth-order valence-corrected chi connectivity index (χ4v) is 17.3. The lowest BCUT2D eigenvalue weighted by Crippen LogP contribution is -3.00. The van der Waals surface area contributed by atoms with Crippen LogP contribution in [0.5, 0.6) is 0 Å². The van der Waals surface area contributed by atoms with Crippen molar-refractivity contribution in [3.63, 3.8) is 0 Å². The predicted molar refractivity (Wildman–Crippen MR) is 239 cm³/mol. The highest BCUT2D eigenvalue weighted by Gasteiger charge is 2.49. The number of fused-ring (bicyclic) bond motifs is 3. The zero-order valence-corrected chi connectivity index (χ0v) is 36.0. The summed E-state index contributed by atoms with van der Waals surface area (Å²) in [5, 5.41) is 13.8. The summed E-state index contributed by atoms with van der Waals surface area (Å²) >= 11 is 0. The van der Waals surface area contributed by atoms with Crippen molar-refractivity contribution in [1.29, 1.82) is 0 Å². The molecule has 274 valence electrons. The Bertz CT molecular complexity index is 2260. The van der Waals surface area contributed by atoms with Gasteiger partial charge in [-0.1, -0.05) is 158 Å². The van der Waals surface area contributed by atoms with Crippen molar-refractivity contribution >= 4 is 67.9 Å². The van der Waals surface area contributed by atoms with Gasteiger partial charge < -0.3 is 34.0 Å². The van der Waals surface area contributed by atoms with Gasteiger partial charge in [0.25, 0.3) is 0 Å². The van der Waals surface area contributed by atoms with Crippen LogP contribution in [0.4, 0.5) is 0 Å². The molecule has 0 radical (unpaired) electrons. The van der Waals surface area contributed by atoms with E-state index in [0.29, 0.717) is 0 Å². The zero-order valence-electron chi connectivity index (χ0n) is 31.0. The molecule has 0 fully saturated rings. The van der Waals surface area contributed by atoms with E-state index < -0.39 is 14.5 Å². The number of halogens is 2. The highest BCUT2D eigenvalue weighted by molar-refractivity contribution is 7.95. The Morgan fingerprint density at radius 3 is 0.607 bits per heavy atom. The molecular weight excluding hydrogens is 846 g/mol. The van der Waals surface area contributed by atoms with Crippen LogP contribution in [0.25, 0.3) is 21.5 Å². The van der Waals surface area contributed by atoms with Crippen molar-refractivity contribution in [3.05, 3.63) is 242 Å². The van der Waals surface area contributed by atoms with Crippen molar-refractivity contribution < 1.29 is 34.0 Å². The summed E-state index contributed by atoms with van der Waals surface area (Å²) in [6.45, 7) is 0. The lowest BCUT2D eigenvalue weighted by molar-refractivity contribution is -0.00100. The minimum absolute atomic E-state index is 0. The lowest BCUT2D eigenvalue weighted by atomic mass is 9.93. The molecule has 0 aliphatic heterocycles. The van der Waals surface area contributed by atoms with Crippen LogP contribution in [0.15, 0.2) is 231 Å². The van der Waals surface area contributed by atoms with Crippen LogP contribution >= 0.6 is 14.5 Å². The Balaban J connectivity index is 0.00000240. The largest absolute Gasteiger partial charge is 1.00 e. The first kappa shape index (κ1) is 39.6. The molecular formula is C52H42Br2P2. The molecule has 9 aromatic carbocycles. The van der Waals surface area contributed by atoms with Crippen molar-refractivity contribution in [2.45, 2.75) is 12.3 Å². The highest BCUT2D eigenvalue weighted by Crippen LogP contribution is 2.63. The summed E-state index contributed by atoms with van der Waals surface area (Å²) in [7, 11) is -4.51. The molecule has 0 amide bonds. The first-order valence-electron chi connectivity index (χ1n) is 18.8. The Labute approximate surface area is 353 Å². The maximum atomic E-state index is 2.39. The Morgan fingerprint density at radius 1 is 0.214 bits per heavy atom. The fourth-order valence-electron chi connectivity index (χ4n) is 8.66. The standard InChI is InChI=1S/C52H42P2.2BrH/c1-7-23-41(24-8-1)53(42-25-9-2-10-26-42,43-27-11-3-12-28-43)39-51-49-37-21-19-35-47(49)48-36-20-22-38-50(48)52(51)40-54(44-29-13-4-14-30-44,45-31-15-5-16-32-45)46-33-17-6-18-34-46;;/h1-38H,39-40H2;2*1H/q+2;;/p-2. The van der Waals surface area contributed by atoms with Crippen LogP contribution in [0, 0.1) is 0 Å². The average molecular weight is 889 g/mol. The quantitative estimate of drug-likeness (QED) is 0.134. The van der Waals surface area contributed by atoms with Gasteiger partial charge >= 0.3 is 0 Å². The molecule has 0 aliphatic carbocycles. The average Bonchev–Trinajstić information content (AvgIpc) is 3.27. The smallest absolute Gasteiger partial charge is 0.116 e. The van der Waals surface area contributed by atoms with E-state index in [0.717, 1.165) is 12.3 Å². The molecule has 0 N–H and O–H groups in total. The molecule has 0 spiro atoms. The molecule has 0 saturated heterocycles. The topological polar surface area (TPSA) is 0 Å². The zero-order chi connectivity index (χ0) is 36.2. The van der Waals surface area contributed by atoms with Crippen molar-refractivity contribution in [2.75, 3.05) is 0 Å². The number of rotatable bonds is 10. The predicted octanol–water partition coefficient (Wildman–Crippen LogP) is 4.99. The molecule has 56 heavy (non-hydrogen) atoms. The third-order valence-corrected chi connectivity index (χ3v) is 19.8. The van der Waals surface area contributed by atoms with E-state index in [1.54, 1.807) is 0 Å². The van der Waals surface area contributed by atoms with E-state index >= 15 is 0 Å². The fraction of sp³-hybridized carbons (Fsp3) is 0.0385. The normalized spacial score (nSPS) is 11.4. The first-order chi connectivity index (χ1) is 26.8. The number of benzene rings is 9. The van der Waals surface area contributed by atoms with Crippen molar-refractivity contribution in [1.82, 2.24) is 0 Å². The third-order valence-electron chi connectivity index (χ3n) is 11.1. The number of hydrogen-bond donors (Lipinski definition) is 0. The van der Waals surface area contributed by atoms with E-state index in [1.807, 2.05) is 0 Å². The molecule has 0 nitrogen and oxygen atoms in total. The van der Waals surface area contributed by atoms with Gasteiger partial charge in [0, 0.05) is 11.1 Å². The Morgan fingerprint density at radius 2 is 0.393 bits per heavy atom. The molecule has 0 saturated carbocycles. The van der Waals surface area contributed by atoms with E-state index in [-0.39, 0.29) is 34.0 Å². The number of hydrogen-bond acceptors (Lipinski definition) is 0. The Kier molecular flexibility index (Phi) is 12.5. The van der Waals surface area contributed by atoms with E-state index in [4.69, 9.17) is 0 Å². The van der Waals surface area contributed by atoms with Crippen LogP contribution < -0.4 is 65.8 Å². The summed E-state index contributed by atoms with van der Waals surface area (Å²) in [6.07, 6.45) is 1.81. The molecule has 4 heteroatoms. The van der Waals surface area contributed by atoms with E-state index in [2.05, 4.69) is 231 Å².